The molecule has 2 rings (SSSR count). The SMILES string of the molecule is CNc1cccc(NCC2CC2C)n1. The highest BCUT2D eigenvalue weighted by molar-refractivity contribution is 5.44. The number of pyridine rings is 1. The van der Waals surface area contributed by atoms with Crippen LogP contribution in [-0.2, 0) is 0 Å². The van der Waals surface area contributed by atoms with Gasteiger partial charge in [0, 0.05) is 13.6 Å². The fourth-order valence-electron chi connectivity index (χ4n) is 1.59. The molecule has 0 amide bonds. The van der Waals surface area contributed by atoms with Gasteiger partial charge in [0.2, 0.25) is 0 Å². The second-order valence-electron chi connectivity index (χ2n) is 4.01. The summed E-state index contributed by atoms with van der Waals surface area (Å²) < 4.78 is 0. The van der Waals surface area contributed by atoms with E-state index in [1.165, 1.54) is 6.42 Å². The van der Waals surface area contributed by atoms with Crippen molar-refractivity contribution in [3.8, 4) is 0 Å². The number of hydrogen-bond acceptors (Lipinski definition) is 3. The van der Waals surface area contributed by atoms with Crippen LogP contribution >= 0.6 is 0 Å². The zero-order chi connectivity index (χ0) is 9.97. The highest BCUT2D eigenvalue weighted by Crippen LogP contribution is 2.37. The van der Waals surface area contributed by atoms with E-state index in [0.717, 1.165) is 30.0 Å². The second-order valence-corrected chi connectivity index (χ2v) is 4.01. The summed E-state index contributed by atoms with van der Waals surface area (Å²) >= 11 is 0. The van der Waals surface area contributed by atoms with Gasteiger partial charge in [-0.05, 0) is 30.4 Å². The molecule has 0 aliphatic heterocycles. The number of nitrogens with one attached hydrogen (secondary N) is 2. The molecule has 76 valence electrons. The Morgan fingerprint density at radius 2 is 2.14 bits per heavy atom. The molecule has 0 radical (unpaired) electrons. The predicted octanol–water partition coefficient (Wildman–Crippen LogP) is 2.19. The van der Waals surface area contributed by atoms with Gasteiger partial charge in [-0.1, -0.05) is 13.0 Å². The average molecular weight is 191 g/mol. The molecule has 2 unspecified atom stereocenters. The molecule has 1 heterocycles. The van der Waals surface area contributed by atoms with Crippen LogP contribution in [0.25, 0.3) is 0 Å². The Hall–Kier alpha value is -1.25. The van der Waals surface area contributed by atoms with E-state index in [9.17, 15) is 0 Å². The minimum absolute atomic E-state index is 0.857. The zero-order valence-corrected chi connectivity index (χ0v) is 8.75. The maximum atomic E-state index is 4.39. The van der Waals surface area contributed by atoms with Crippen LogP contribution in [0.2, 0.25) is 0 Å². The summed E-state index contributed by atoms with van der Waals surface area (Å²) in [5.41, 5.74) is 0. The molecule has 1 aliphatic carbocycles. The van der Waals surface area contributed by atoms with Crippen molar-refractivity contribution in [1.29, 1.82) is 0 Å². The summed E-state index contributed by atoms with van der Waals surface area (Å²) in [5.74, 6) is 3.64. The topological polar surface area (TPSA) is 37.0 Å². The van der Waals surface area contributed by atoms with Crippen LogP contribution in [0.3, 0.4) is 0 Å². The van der Waals surface area contributed by atoms with Crippen molar-refractivity contribution in [2.24, 2.45) is 11.8 Å². The highest BCUT2D eigenvalue weighted by atomic mass is 15.0. The van der Waals surface area contributed by atoms with E-state index in [4.69, 9.17) is 0 Å². The lowest BCUT2D eigenvalue weighted by Crippen LogP contribution is -2.06. The van der Waals surface area contributed by atoms with Gasteiger partial charge < -0.3 is 10.6 Å². The maximum absolute atomic E-state index is 4.39. The zero-order valence-electron chi connectivity index (χ0n) is 8.75. The first kappa shape index (κ1) is 9.31. The van der Waals surface area contributed by atoms with E-state index in [1.807, 2.05) is 25.2 Å². The minimum atomic E-state index is 0.857. The molecule has 1 fully saturated rings. The Morgan fingerprint density at radius 1 is 1.43 bits per heavy atom. The average Bonchev–Trinajstić information content (AvgIpc) is 2.92. The molecule has 1 aliphatic rings. The summed E-state index contributed by atoms with van der Waals surface area (Å²) in [6.07, 6.45) is 1.36. The van der Waals surface area contributed by atoms with Crippen molar-refractivity contribution in [2.75, 3.05) is 24.2 Å². The van der Waals surface area contributed by atoms with E-state index in [-0.39, 0.29) is 0 Å². The predicted molar refractivity (Wildman–Crippen MR) is 59.5 cm³/mol. The first-order chi connectivity index (χ1) is 6.79. The summed E-state index contributed by atoms with van der Waals surface area (Å²) in [4.78, 5) is 4.39. The van der Waals surface area contributed by atoms with E-state index in [1.54, 1.807) is 0 Å². The lowest BCUT2D eigenvalue weighted by molar-refractivity contribution is 0.784. The van der Waals surface area contributed by atoms with Crippen molar-refractivity contribution in [3.63, 3.8) is 0 Å². The van der Waals surface area contributed by atoms with Crippen LogP contribution < -0.4 is 10.6 Å². The number of rotatable bonds is 4. The van der Waals surface area contributed by atoms with Crippen LogP contribution in [0.5, 0.6) is 0 Å². The van der Waals surface area contributed by atoms with Gasteiger partial charge >= 0.3 is 0 Å². The Kier molecular flexibility index (Phi) is 2.57. The van der Waals surface area contributed by atoms with Gasteiger partial charge in [0.1, 0.15) is 11.6 Å². The standard InChI is InChI=1S/C11H17N3/c1-8-6-9(8)7-13-11-5-3-4-10(12-2)14-11/h3-5,8-9H,6-7H2,1-2H3,(H2,12,13,14). The van der Waals surface area contributed by atoms with Gasteiger partial charge in [0.15, 0.2) is 0 Å². The van der Waals surface area contributed by atoms with Gasteiger partial charge in [0.25, 0.3) is 0 Å². The molecule has 1 aromatic rings. The van der Waals surface area contributed by atoms with E-state index >= 15 is 0 Å². The quantitative estimate of drug-likeness (QED) is 0.766. The van der Waals surface area contributed by atoms with Crippen molar-refractivity contribution >= 4 is 11.6 Å². The van der Waals surface area contributed by atoms with E-state index < -0.39 is 0 Å². The monoisotopic (exact) mass is 191 g/mol. The molecule has 2 atom stereocenters. The van der Waals surface area contributed by atoms with Gasteiger partial charge in [-0.2, -0.15) is 0 Å². The number of aromatic nitrogens is 1. The molecule has 3 nitrogen and oxygen atoms in total. The van der Waals surface area contributed by atoms with Gasteiger partial charge in [0.05, 0.1) is 0 Å². The lowest BCUT2D eigenvalue weighted by atomic mass is 10.3. The molecule has 14 heavy (non-hydrogen) atoms. The summed E-state index contributed by atoms with van der Waals surface area (Å²) in [5, 5.41) is 6.39. The molecule has 0 aromatic carbocycles. The van der Waals surface area contributed by atoms with Crippen LogP contribution in [0.15, 0.2) is 18.2 Å². The first-order valence-electron chi connectivity index (χ1n) is 5.18. The molecule has 0 spiro atoms. The normalized spacial score (nSPS) is 24.4. The van der Waals surface area contributed by atoms with Gasteiger partial charge in [-0.15, -0.1) is 0 Å². The Labute approximate surface area is 84.9 Å². The molecular weight excluding hydrogens is 174 g/mol. The molecule has 0 saturated heterocycles. The maximum Gasteiger partial charge on any atom is 0.128 e. The molecule has 1 saturated carbocycles. The van der Waals surface area contributed by atoms with Gasteiger partial charge in [-0.3, -0.25) is 0 Å². The van der Waals surface area contributed by atoms with E-state index in [0.29, 0.717) is 0 Å². The summed E-state index contributed by atoms with van der Waals surface area (Å²) in [6.45, 7) is 3.35. The van der Waals surface area contributed by atoms with Gasteiger partial charge in [-0.25, -0.2) is 4.98 Å². The minimum Gasteiger partial charge on any atom is -0.373 e. The Balaban J connectivity index is 1.88. The summed E-state index contributed by atoms with van der Waals surface area (Å²) in [7, 11) is 1.88. The van der Waals surface area contributed by atoms with Crippen molar-refractivity contribution in [1.82, 2.24) is 4.98 Å². The molecule has 0 bridgehead atoms. The van der Waals surface area contributed by atoms with Crippen LogP contribution in [0.4, 0.5) is 11.6 Å². The smallest absolute Gasteiger partial charge is 0.128 e. The third-order valence-corrected chi connectivity index (χ3v) is 2.83. The fraction of sp³-hybridized carbons (Fsp3) is 0.545. The Morgan fingerprint density at radius 3 is 2.79 bits per heavy atom. The molecular formula is C11H17N3. The van der Waals surface area contributed by atoms with Crippen molar-refractivity contribution in [3.05, 3.63) is 18.2 Å². The Bertz CT molecular complexity index is 311. The fourth-order valence-corrected chi connectivity index (χ4v) is 1.59. The summed E-state index contributed by atoms with van der Waals surface area (Å²) in [6, 6.07) is 5.98. The molecule has 1 aromatic heterocycles. The van der Waals surface area contributed by atoms with Crippen molar-refractivity contribution in [2.45, 2.75) is 13.3 Å². The number of nitrogens with zero attached hydrogens (tertiary/aromatic N) is 1. The first-order valence-corrected chi connectivity index (χ1v) is 5.18. The highest BCUT2D eigenvalue weighted by Gasteiger charge is 2.31. The third-order valence-electron chi connectivity index (χ3n) is 2.83. The lowest BCUT2D eigenvalue weighted by Gasteiger charge is -2.06. The molecule has 2 N–H and O–H groups in total. The van der Waals surface area contributed by atoms with Crippen molar-refractivity contribution < 1.29 is 0 Å². The van der Waals surface area contributed by atoms with E-state index in [2.05, 4.69) is 22.5 Å². The largest absolute Gasteiger partial charge is 0.373 e. The van der Waals surface area contributed by atoms with Crippen LogP contribution in [-0.4, -0.2) is 18.6 Å². The second kappa shape index (κ2) is 3.86. The third kappa shape index (κ3) is 2.16. The number of hydrogen-bond donors (Lipinski definition) is 2. The van der Waals surface area contributed by atoms with Crippen LogP contribution in [0.1, 0.15) is 13.3 Å². The van der Waals surface area contributed by atoms with Crippen LogP contribution in [0, 0.1) is 11.8 Å². The number of anilines is 2. The molecule has 3 heteroatoms.